The van der Waals surface area contributed by atoms with Crippen LogP contribution < -0.4 is 92.9 Å². The molecule has 29 heteroatoms. The Morgan fingerprint density at radius 1 is 0.614 bits per heavy atom. The number of rotatable bonds is 21. The van der Waals surface area contributed by atoms with Gasteiger partial charge in [-0.3, -0.25) is 60.5 Å². The summed E-state index contributed by atoms with van der Waals surface area (Å²) < 4.78 is 0. The van der Waals surface area contributed by atoms with E-state index >= 15 is 0 Å². The lowest BCUT2D eigenvalue weighted by Crippen LogP contribution is -2.69. The summed E-state index contributed by atoms with van der Waals surface area (Å²) in [4.78, 5) is 92.6. The number of hydrogen-bond acceptors (Lipinski definition) is 14. The van der Waals surface area contributed by atoms with Crippen molar-refractivity contribution in [3.63, 3.8) is 0 Å². The number of benzene rings is 1. The van der Waals surface area contributed by atoms with Gasteiger partial charge in [0.15, 0.2) is 60.9 Å². The Hall–Kier alpha value is -9.35. The number of carbonyl (C=O) groups excluding carboxylic acids is 7. The van der Waals surface area contributed by atoms with Crippen LogP contribution in [0.1, 0.15) is 18.0 Å². The second kappa shape index (κ2) is 22.9. The van der Waals surface area contributed by atoms with Crippen LogP contribution in [0.4, 0.5) is 0 Å². The maximum Gasteiger partial charge on any atom is 0.265 e. The molecule has 5 rings (SSSR count). The lowest BCUT2D eigenvalue weighted by Gasteiger charge is -2.37. The molecule has 0 bridgehead atoms. The van der Waals surface area contributed by atoms with Gasteiger partial charge in [0.25, 0.3) is 35.4 Å². The SMILES string of the molecule is N=C(N)NC(NC(=O)C(NC(=N)N)NC(=O)C(NC(=N)N)NC(=O)C(NC(=N)N)NC(=O)C(NC(=O)C(O)NCC1=CC2=C3C(=CC=C4C=CC=C1C43)CC=C2)c1ccccc1)C(=O)NC(N)C(N)=O. The third-order valence-corrected chi connectivity index (χ3v) is 10.4. The van der Waals surface area contributed by atoms with Crippen molar-refractivity contribution >= 4 is 65.2 Å². The summed E-state index contributed by atoms with van der Waals surface area (Å²) in [7, 11) is 0. The number of aliphatic hydroxyl groups is 1. The van der Waals surface area contributed by atoms with Gasteiger partial charge in [-0.1, -0.05) is 72.9 Å². The molecule has 0 spiro atoms. The molecule has 0 saturated heterocycles. The van der Waals surface area contributed by atoms with Crippen molar-refractivity contribution in [3.05, 3.63) is 118 Å². The number of carbonyl (C=O) groups is 7. The largest absolute Gasteiger partial charge is 0.370 e. The fourth-order valence-corrected chi connectivity index (χ4v) is 7.32. The van der Waals surface area contributed by atoms with Gasteiger partial charge in [-0.25, -0.2) is 0 Å². The molecular weight excluding hydrogens is 915 g/mol. The van der Waals surface area contributed by atoms with Crippen LogP contribution in [0.25, 0.3) is 0 Å². The molecular formula is C41H53N21O8. The zero-order valence-corrected chi connectivity index (χ0v) is 36.8. The van der Waals surface area contributed by atoms with E-state index in [0.29, 0.717) is 0 Å². The maximum atomic E-state index is 14.1. The summed E-state index contributed by atoms with van der Waals surface area (Å²) in [5, 5.41) is 65.9. The molecule has 370 valence electrons. The minimum atomic E-state index is -2.12. The molecule has 28 N–H and O–H groups in total. The number of amides is 7. The van der Waals surface area contributed by atoms with E-state index in [2.05, 4.69) is 60.8 Å². The van der Waals surface area contributed by atoms with Gasteiger partial charge in [0, 0.05) is 12.5 Å². The summed E-state index contributed by atoms with van der Waals surface area (Å²) in [6.07, 6.45) is 5.22. The Morgan fingerprint density at radius 2 is 1.11 bits per heavy atom. The van der Waals surface area contributed by atoms with E-state index in [4.69, 9.17) is 56.0 Å². The minimum Gasteiger partial charge on any atom is -0.370 e. The highest BCUT2D eigenvalue weighted by Gasteiger charge is 2.37. The van der Waals surface area contributed by atoms with Crippen LogP contribution in [-0.4, -0.2) is 114 Å². The van der Waals surface area contributed by atoms with Crippen molar-refractivity contribution in [2.45, 2.75) is 49.5 Å². The third kappa shape index (κ3) is 13.4. The highest BCUT2D eigenvalue weighted by Crippen LogP contribution is 2.48. The van der Waals surface area contributed by atoms with E-state index < -0.39 is 108 Å². The predicted octanol–water partition coefficient (Wildman–Crippen LogP) is -7.49. The quantitative estimate of drug-likeness (QED) is 0.0309. The van der Waals surface area contributed by atoms with Gasteiger partial charge in [0.05, 0.1) is 0 Å². The van der Waals surface area contributed by atoms with E-state index in [1.54, 1.807) is 18.2 Å². The maximum absolute atomic E-state index is 14.1. The van der Waals surface area contributed by atoms with E-state index in [1.165, 1.54) is 23.3 Å². The Balaban J connectivity index is 1.30. The molecule has 1 aromatic rings. The molecule has 4 aliphatic carbocycles. The van der Waals surface area contributed by atoms with E-state index in [-0.39, 0.29) is 18.0 Å². The van der Waals surface area contributed by atoms with Crippen LogP contribution in [0.2, 0.25) is 0 Å². The van der Waals surface area contributed by atoms with Gasteiger partial charge in [-0.15, -0.1) is 0 Å². The molecule has 4 aliphatic rings. The molecule has 0 saturated carbocycles. The molecule has 7 amide bonds. The second-order valence-corrected chi connectivity index (χ2v) is 15.4. The molecule has 1 aromatic carbocycles. The number of primary amides is 1. The summed E-state index contributed by atoms with van der Waals surface area (Å²) in [6, 6.07) is 6.04. The Labute approximate surface area is 397 Å². The van der Waals surface area contributed by atoms with Gasteiger partial charge >= 0.3 is 0 Å². The van der Waals surface area contributed by atoms with Crippen LogP contribution in [0.5, 0.6) is 0 Å². The standard InChI is InChI=1S/C41H53N21O8/c42-25(26(43)63)54-32(65)27(59-38(44)45)56-34(67)29(61-40(48)49)58-35(68)30(62-41(50)51)57-33(66)28(60-39(46)47)55-31(64)24(18-6-2-1-3-7-18)53-37(70)36(69)52-15-20-14-19-10-4-8-16-12-13-17-9-5-11-21(20)23(17)22(16)19/h1-7,9-14,23-25,27-30,36,52,69H,8,15,42H2,(H2,43,63)(H,53,70)(H,54,65)(H,55,64)(H,56,67)(H,57,66)(H,58,68)(H4,44,45,59)(H4,46,47,60)(H4,48,49,61)(H4,50,51,62). The van der Waals surface area contributed by atoms with Crippen LogP contribution in [-0.2, 0) is 33.6 Å². The Kier molecular flexibility index (Phi) is 16.9. The van der Waals surface area contributed by atoms with Crippen molar-refractivity contribution < 1.29 is 38.7 Å². The number of allylic oxidation sites excluding steroid dienone is 12. The average Bonchev–Trinajstić information content (AvgIpc) is 3.30. The topological polar surface area (TPSA) is 524 Å². The van der Waals surface area contributed by atoms with Gasteiger partial charge in [0.1, 0.15) is 6.04 Å². The fourth-order valence-electron chi connectivity index (χ4n) is 7.32. The molecule has 8 unspecified atom stereocenters. The fraction of sp³-hybridized carbons (Fsp3) is 0.244. The lowest BCUT2D eigenvalue weighted by atomic mass is 9.67. The lowest BCUT2D eigenvalue weighted by molar-refractivity contribution is -0.137. The first-order chi connectivity index (χ1) is 33.1. The number of aliphatic hydroxyl groups excluding tert-OH is 1. The smallest absolute Gasteiger partial charge is 0.265 e. The molecule has 0 heterocycles. The second-order valence-electron chi connectivity index (χ2n) is 15.4. The summed E-state index contributed by atoms with van der Waals surface area (Å²) in [6.45, 7) is 0.0519. The summed E-state index contributed by atoms with van der Waals surface area (Å²) in [5.41, 5.74) is 38.8. The van der Waals surface area contributed by atoms with Crippen LogP contribution in [0.15, 0.2) is 112 Å². The van der Waals surface area contributed by atoms with Crippen molar-refractivity contribution in [3.8, 4) is 0 Å². The van der Waals surface area contributed by atoms with Gasteiger partial charge in [-0.05, 0) is 51.5 Å². The molecule has 29 nitrogen and oxygen atoms in total. The van der Waals surface area contributed by atoms with Gasteiger partial charge in [-0.2, -0.15) is 0 Å². The molecule has 0 radical (unpaired) electrons. The normalized spacial score (nSPS) is 17.9. The highest BCUT2D eigenvalue weighted by molar-refractivity contribution is 6.00. The van der Waals surface area contributed by atoms with Crippen LogP contribution in [0.3, 0.4) is 0 Å². The molecule has 70 heavy (non-hydrogen) atoms. The Morgan fingerprint density at radius 3 is 1.61 bits per heavy atom. The summed E-state index contributed by atoms with van der Waals surface area (Å²) in [5.74, 6) is -12.3. The number of nitrogens with two attached hydrogens (primary N) is 6. The van der Waals surface area contributed by atoms with Crippen molar-refractivity contribution in [1.29, 1.82) is 21.6 Å². The van der Waals surface area contributed by atoms with Gasteiger partial charge < -0.3 is 92.7 Å². The van der Waals surface area contributed by atoms with Crippen molar-refractivity contribution in [1.82, 2.24) is 58.5 Å². The van der Waals surface area contributed by atoms with Crippen molar-refractivity contribution in [2.24, 2.45) is 40.3 Å². The van der Waals surface area contributed by atoms with Gasteiger partial charge in [0.2, 0.25) is 5.91 Å². The zero-order chi connectivity index (χ0) is 51.4. The monoisotopic (exact) mass is 967 g/mol. The summed E-state index contributed by atoms with van der Waals surface area (Å²) >= 11 is 0. The molecule has 0 aliphatic heterocycles. The molecule has 0 fully saturated rings. The Bertz CT molecular complexity index is 2580. The highest BCUT2D eigenvalue weighted by atomic mass is 16.3. The molecule has 0 aromatic heterocycles. The van der Waals surface area contributed by atoms with E-state index in [9.17, 15) is 38.7 Å². The van der Waals surface area contributed by atoms with E-state index in [0.717, 1.165) is 28.7 Å². The predicted molar refractivity (Wildman–Crippen MR) is 250 cm³/mol. The number of guanidine groups is 4. The first kappa shape index (κ1) is 51.6. The van der Waals surface area contributed by atoms with Crippen LogP contribution in [0, 0.1) is 27.6 Å². The zero-order valence-electron chi connectivity index (χ0n) is 36.8. The van der Waals surface area contributed by atoms with Crippen LogP contribution >= 0.6 is 0 Å². The van der Waals surface area contributed by atoms with E-state index in [1.807, 2.05) is 46.3 Å². The first-order valence-corrected chi connectivity index (χ1v) is 20.8. The van der Waals surface area contributed by atoms with Crippen molar-refractivity contribution in [2.75, 3.05) is 6.54 Å². The number of nitrogens with one attached hydrogen (secondary N) is 15. The third-order valence-electron chi connectivity index (χ3n) is 10.4. The molecule has 8 atom stereocenters. The number of hydrogen-bond donors (Lipinski definition) is 22. The minimum absolute atomic E-state index is 0.0120. The first-order valence-electron chi connectivity index (χ1n) is 20.8. The average molecular weight is 968 g/mol.